The molecule has 0 unspecified atom stereocenters. The number of benzene rings is 5. The first-order chi connectivity index (χ1) is 24.2. The average molecular weight is 945 g/mol. The molecule has 5 aromatic rings. The number of rotatable bonds is 8. The Morgan fingerprint density at radius 2 is 0.600 bits per heavy atom. The smallest absolute Gasteiger partial charge is 0.412 e. The van der Waals surface area contributed by atoms with Gasteiger partial charge in [-0.3, -0.25) is 9.11 Å². The van der Waals surface area contributed by atoms with E-state index in [0.29, 0.717) is 11.3 Å². The van der Waals surface area contributed by atoms with Crippen LogP contribution in [0.3, 0.4) is 0 Å². The summed E-state index contributed by atoms with van der Waals surface area (Å²) in [5, 5.41) is 5.73. The Morgan fingerprint density at radius 1 is 0.436 bits per heavy atom. The summed E-state index contributed by atoms with van der Waals surface area (Å²) in [4.78, 5) is 0. The second-order valence-electron chi connectivity index (χ2n) is 10.9. The molecule has 0 saturated heterocycles. The molecular formula is C36H38F6O8P2PdS2. The Labute approximate surface area is 332 Å². The van der Waals surface area contributed by atoms with E-state index >= 15 is 0 Å². The zero-order chi connectivity index (χ0) is 38.7. The molecule has 5 rings (SSSR count). The van der Waals surface area contributed by atoms with Crippen LogP contribution in [0.2, 0.25) is 0 Å². The van der Waals surface area contributed by atoms with Crippen LogP contribution < -0.4 is 21.2 Å². The Hall–Kier alpha value is -3.06. The Morgan fingerprint density at radius 3 is 0.764 bits per heavy atom. The molecule has 0 fully saturated rings. The molecule has 6 N–H and O–H groups in total. The first-order valence-corrected chi connectivity index (χ1v) is 20.9. The summed E-state index contributed by atoms with van der Waals surface area (Å²) in [6.07, 6.45) is 0. The maximum Gasteiger partial charge on any atom is 0.522 e. The molecule has 0 radical (unpaired) electrons. The number of hydrogen-bond acceptors (Lipinski definition) is 4. The van der Waals surface area contributed by atoms with Gasteiger partial charge in [0.2, 0.25) is 0 Å². The molecule has 8 nitrogen and oxygen atoms in total. The molecule has 19 heteroatoms. The van der Waals surface area contributed by atoms with Crippen molar-refractivity contribution < 1.29 is 83.7 Å². The van der Waals surface area contributed by atoms with E-state index in [4.69, 9.17) is 25.9 Å². The van der Waals surface area contributed by atoms with Crippen molar-refractivity contribution in [1.29, 1.82) is 0 Å². The Balaban J connectivity index is 0.00000130. The molecule has 0 heterocycles. The molecule has 0 saturated carbocycles. The molecule has 0 amide bonds. The van der Waals surface area contributed by atoms with Crippen molar-refractivity contribution in [2.75, 3.05) is 0 Å². The third-order valence-corrected chi connectivity index (χ3v) is 14.1. The predicted molar refractivity (Wildman–Crippen MR) is 204 cm³/mol. The van der Waals surface area contributed by atoms with Crippen LogP contribution in [-0.2, 0) is 40.7 Å². The van der Waals surface area contributed by atoms with E-state index in [9.17, 15) is 26.3 Å². The second kappa shape index (κ2) is 22.6. The van der Waals surface area contributed by atoms with Crippen molar-refractivity contribution in [1.82, 2.24) is 0 Å². The van der Waals surface area contributed by atoms with Gasteiger partial charge in [-0.2, -0.15) is 43.2 Å². The van der Waals surface area contributed by atoms with Gasteiger partial charge in [-0.1, -0.05) is 159 Å². The number of hydrogen-bond donors (Lipinski definition) is 2. The van der Waals surface area contributed by atoms with Crippen molar-refractivity contribution >= 4 is 57.3 Å². The van der Waals surface area contributed by atoms with Gasteiger partial charge < -0.3 is 11.0 Å². The van der Waals surface area contributed by atoms with Crippen LogP contribution in [0.25, 0.3) is 0 Å². The molecule has 0 spiro atoms. The van der Waals surface area contributed by atoms with Crippen LogP contribution >= 0.6 is 15.8 Å². The van der Waals surface area contributed by atoms with Gasteiger partial charge in [0.15, 0.2) is 0 Å². The summed E-state index contributed by atoms with van der Waals surface area (Å²) in [7, 11) is -12.8. The van der Waals surface area contributed by atoms with E-state index in [0.717, 1.165) is 0 Å². The average Bonchev–Trinajstić information content (AvgIpc) is 3.09. The van der Waals surface area contributed by atoms with Crippen LogP contribution in [0.4, 0.5) is 26.3 Å². The minimum absolute atomic E-state index is 0. The van der Waals surface area contributed by atoms with Crippen molar-refractivity contribution in [3.63, 3.8) is 0 Å². The third-order valence-electron chi connectivity index (χ3n) is 7.39. The first kappa shape index (κ1) is 51.9. The fourth-order valence-electron chi connectivity index (χ4n) is 5.10. The topological polar surface area (TPSA) is 172 Å². The summed E-state index contributed by atoms with van der Waals surface area (Å²) in [5.41, 5.74) is -7.33. The van der Waals surface area contributed by atoms with E-state index in [-0.39, 0.29) is 31.4 Å². The summed E-state index contributed by atoms with van der Waals surface area (Å²) in [6, 6.07) is 53.6. The van der Waals surface area contributed by atoms with Crippen LogP contribution in [0.15, 0.2) is 146 Å². The van der Waals surface area contributed by atoms with Gasteiger partial charge in [0.05, 0.1) is 0 Å². The molecular weight excluding hydrogens is 907 g/mol. The van der Waals surface area contributed by atoms with Crippen LogP contribution in [-0.4, -0.2) is 47.9 Å². The Bertz CT molecular complexity index is 1840. The first-order valence-electron chi connectivity index (χ1n) is 15.2. The minimum Gasteiger partial charge on any atom is -0.412 e. The zero-order valence-electron chi connectivity index (χ0n) is 28.8. The molecule has 2 atom stereocenters. The van der Waals surface area contributed by atoms with E-state index in [1.165, 1.54) is 32.3 Å². The van der Waals surface area contributed by atoms with E-state index in [1.54, 1.807) is 0 Å². The van der Waals surface area contributed by atoms with Gasteiger partial charge in [-0.25, -0.2) is 0 Å². The van der Waals surface area contributed by atoms with Gasteiger partial charge in [0.1, 0.15) is 0 Å². The quantitative estimate of drug-likeness (QED) is 0.0548. The van der Waals surface area contributed by atoms with Gasteiger partial charge in [0.25, 0.3) is 0 Å². The summed E-state index contributed by atoms with van der Waals surface area (Å²) in [6.45, 7) is 4.87. The predicted octanol–water partition coefficient (Wildman–Crippen LogP) is 7.21. The van der Waals surface area contributed by atoms with Crippen molar-refractivity contribution in [2.45, 2.75) is 36.2 Å². The molecule has 0 aliphatic carbocycles. The van der Waals surface area contributed by atoms with E-state index < -0.39 is 47.1 Å². The Kier molecular flexibility index (Phi) is 21.4. The van der Waals surface area contributed by atoms with E-state index in [2.05, 4.69) is 159 Å². The molecule has 0 aliphatic heterocycles. The molecule has 304 valence electrons. The third kappa shape index (κ3) is 15.1. The van der Waals surface area contributed by atoms with Gasteiger partial charge in [-0.05, 0) is 48.2 Å². The van der Waals surface area contributed by atoms with Crippen molar-refractivity contribution in [3.8, 4) is 0 Å². The maximum absolute atomic E-state index is 10.7. The normalized spacial score (nSPS) is 12.6. The van der Waals surface area contributed by atoms with E-state index in [1.807, 2.05) is 0 Å². The standard InChI is InChI=1S/C34H32P2.2CHF3O3S.2H2O.Pd/c1-27(35(29-17-7-3-8-18-29)30-19-9-4-10-20-30)33-25-15-16-26-34(33)28(2)36(31-21-11-5-12-22-31)32-23-13-6-14-24-32;2*2-1(3,4)8(5,6)7;;;/h3-28H,1-2H3;2*(H,5,6,7);2*1H2;/t27-,28+;;;;;. The fourth-order valence-corrected chi connectivity index (χ4v) is 10.5. The van der Waals surface area contributed by atoms with Crippen LogP contribution in [0.1, 0.15) is 36.3 Å². The molecule has 5 aromatic carbocycles. The van der Waals surface area contributed by atoms with Gasteiger partial charge in [-0.15, -0.1) is 0 Å². The number of halogens is 6. The largest absolute Gasteiger partial charge is 0.522 e. The summed E-state index contributed by atoms with van der Waals surface area (Å²) < 4.78 is 115. The molecule has 55 heavy (non-hydrogen) atoms. The van der Waals surface area contributed by atoms with Gasteiger partial charge in [0, 0.05) is 31.7 Å². The molecule has 0 aliphatic rings. The van der Waals surface area contributed by atoms with Crippen LogP contribution in [0, 0.1) is 0 Å². The second-order valence-corrected chi connectivity index (χ2v) is 18.8. The maximum atomic E-state index is 10.7. The summed E-state index contributed by atoms with van der Waals surface area (Å²) in [5.74, 6) is 0. The number of alkyl halides is 6. The SMILES string of the molecule is C[C@H](c1ccccc1[C@H](C)P(c1ccccc1)c1ccccc1)P(c1ccccc1)c1ccccc1.O.O.O=S(=O)(O)C(F)(F)F.O=S(=O)(O)C(F)(F)F.[Pd]. The molecule has 0 aromatic heterocycles. The summed E-state index contributed by atoms with van der Waals surface area (Å²) >= 11 is 0. The molecule has 0 bridgehead atoms. The van der Waals surface area contributed by atoms with Gasteiger partial charge >= 0.3 is 31.3 Å². The van der Waals surface area contributed by atoms with Crippen LogP contribution in [0.5, 0.6) is 0 Å². The minimum atomic E-state index is -5.84. The fraction of sp³-hybridized carbons (Fsp3) is 0.167. The zero-order valence-corrected chi connectivity index (χ0v) is 33.8. The van der Waals surface area contributed by atoms with Crippen molar-refractivity contribution in [3.05, 3.63) is 157 Å². The van der Waals surface area contributed by atoms with Crippen molar-refractivity contribution in [2.24, 2.45) is 0 Å². The monoisotopic (exact) mass is 944 g/mol.